The van der Waals surface area contributed by atoms with Crippen LogP contribution in [-0.4, -0.2) is 48.0 Å². The fourth-order valence-electron chi connectivity index (χ4n) is 4.27. The topological polar surface area (TPSA) is 87.3 Å². The molecule has 2 aliphatic rings. The maximum atomic E-state index is 12.8. The molecule has 4 rings (SSSR count). The number of hydrogen-bond donors (Lipinski definition) is 2. The second kappa shape index (κ2) is 7.63. The van der Waals surface area contributed by atoms with Gasteiger partial charge >= 0.3 is 0 Å². The summed E-state index contributed by atoms with van der Waals surface area (Å²) < 4.78 is 5.39. The average Bonchev–Trinajstić information content (AvgIpc) is 3.02. The largest absolute Gasteiger partial charge is 0.378 e. The molecule has 0 atom stereocenters. The number of H-pyrrole nitrogens is 1. The second-order valence-electron chi connectivity index (χ2n) is 8.72. The highest BCUT2D eigenvalue weighted by molar-refractivity contribution is 6.04. The lowest BCUT2D eigenvalue weighted by Gasteiger charge is -2.28. The van der Waals surface area contributed by atoms with Crippen LogP contribution < -0.4 is 10.2 Å². The molecule has 3 heterocycles. The Morgan fingerprint density at radius 1 is 1.31 bits per heavy atom. The third-order valence-corrected chi connectivity index (χ3v) is 5.73. The van der Waals surface area contributed by atoms with Crippen molar-refractivity contribution in [1.29, 1.82) is 0 Å². The van der Waals surface area contributed by atoms with Gasteiger partial charge in [0.2, 0.25) is 0 Å². The Labute approximate surface area is 170 Å². The number of ether oxygens (including phenoxy) is 1. The van der Waals surface area contributed by atoms with Crippen LogP contribution in [0, 0.1) is 12.3 Å². The van der Waals surface area contributed by atoms with Gasteiger partial charge in [0.15, 0.2) is 5.78 Å². The number of aromatic amines is 1. The number of ketones is 1. The molecule has 7 nitrogen and oxygen atoms in total. The molecule has 2 aromatic heterocycles. The number of morpholine rings is 1. The molecule has 7 heteroatoms. The van der Waals surface area contributed by atoms with Gasteiger partial charge in [0.1, 0.15) is 11.5 Å². The van der Waals surface area contributed by atoms with E-state index in [9.17, 15) is 9.59 Å². The molecule has 1 saturated heterocycles. The monoisotopic (exact) mass is 396 g/mol. The summed E-state index contributed by atoms with van der Waals surface area (Å²) in [5, 5.41) is 2.98. The molecule has 1 amide bonds. The van der Waals surface area contributed by atoms with Crippen molar-refractivity contribution >= 4 is 17.5 Å². The number of rotatable bonds is 4. The first-order valence-electron chi connectivity index (χ1n) is 10.1. The van der Waals surface area contributed by atoms with Gasteiger partial charge in [-0.25, -0.2) is 4.98 Å². The van der Waals surface area contributed by atoms with Crippen molar-refractivity contribution in [3.63, 3.8) is 0 Å². The Balaban J connectivity index is 1.46. The molecule has 0 bridgehead atoms. The summed E-state index contributed by atoms with van der Waals surface area (Å²) in [7, 11) is 0. The number of Topliss-reactive ketones (excluding diaryl/α,β-unsaturated/α-hetero) is 1. The maximum absolute atomic E-state index is 12.8. The van der Waals surface area contributed by atoms with E-state index in [4.69, 9.17) is 4.74 Å². The van der Waals surface area contributed by atoms with Crippen LogP contribution in [-0.2, 0) is 17.7 Å². The van der Waals surface area contributed by atoms with Crippen molar-refractivity contribution in [3.05, 3.63) is 46.4 Å². The molecule has 0 saturated carbocycles. The van der Waals surface area contributed by atoms with Crippen LogP contribution in [0.15, 0.2) is 18.3 Å². The maximum Gasteiger partial charge on any atom is 0.268 e. The van der Waals surface area contributed by atoms with E-state index in [1.165, 1.54) is 0 Å². The number of amides is 1. The smallest absolute Gasteiger partial charge is 0.268 e. The van der Waals surface area contributed by atoms with E-state index in [1.807, 2.05) is 19.1 Å². The predicted octanol–water partition coefficient (Wildman–Crippen LogP) is 2.64. The van der Waals surface area contributed by atoms with Crippen molar-refractivity contribution in [2.75, 3.05) is 31.2 Å². The summed E-state index contributed by atoms with van der Waals surface area (Å²) in [6, 6.07) is 3.91. The molecule has 2 N–H and O–H groups in total. The van der Waals surface area contributed by atoms with E-state index in [1.54, 1.807) is 6.20 Å². The molecular formula is C22H28N4O3. The number of carbonyl (C=O) groups excluding carboxylic acids is 2. The van der Waals surface area contributed by atoms with Gasteiger partial charge in [-0.3, -0.25) is 9.59 Å². The molecular weight excluding hydrogens is 368 g/mol. The fourth-order valence-corrected chi connectivity index (χ4v) is 4.27. The lowest BCUT2D eigenvalue weighted by molar-refractivity contribution is 0.0909. The van der Waals surface area contributed by atoms with Crippen molar-refractivity contribution in [2.45, 2.75) is 40.2 Å². The summed E-state index contributed by atoms with van der Waals surface area (Å²) in [6.45, 7) is 9.47. The standard InChI is InChI=1S/C22H28N4O3/c1-14-19-16(11-22(2,3)12-17(19)27)25-20(14)21(28)24-13-15-4-5-23-18(10-15)26-6-8-29-9-7-26/h4-5,10,25H,6-9,11-13H2,1-3H3,(H,24,28). The third kappa shape index (κ3) is 4.05. The zero-order valence-electron chi connectivity index (χ0n) is 17.3. The number of nitrogens with zero attached hydrogens (tertiary/aromatic N) is 2. The normalized spacial score (nSPS) is 18.4. The highest BCUT2D eigenvalue weighted by Gasteiger charge is 2.35. The van der Waals surface area contributed by atoms with E-state index in [0.29, 0.717) is 37.4 Å². The van der Waals surface area contributed by atoms with E-state index in [0.717, 1.165) is 42.1 Å². The molecule has 0 unspecified atom stereocenters. The van der Waals surface area contributed by atoms with Crippen molar-refractivity contribution in [3.8, 4) is 0 Å². The first-order valence-corrected chi connectivity index (χ1v) is 10.1. The quantitative estimate of drug-likeness (QED) is 0.830. The lowest BCUT2D eigenvalue weighted by Crippen LogP contribution is -2.36. The van der Waals surface area contributed by atoms with Crippen molar-refractivity contribution in [1.82, 2.24) is 15.3 Å². The highest BCUT2D eigenvalue weighted by atomic mass is 16.5. The molecule has 29 heavy (non-hydrogen) atoms. The molecule has 1 aliphatic heterocycles. The van der Waals surface area contributed by atoms with Gasteiger partial charge < -0.3 is 19.9 Å². The third-order valence-electron chi connectivity index (χ3n) is 5.73. The SMILES string of the molecule is Cc1c(C(=O)NCc2ccnc(N3CCOCC3)c2)[nH]c2c1C(=O)CC(C)(C)C2. The number of carbonyl (C=O) groups is 2. The van der Waals surface area contributed by atoms with Crippen molar-refractivity contribution in [2.24, 2.45) is 5.41 Å². The van der Waals surface area contributed by atoms with Crippen LogP contribution in [0.5, 0.6) is 0 Å². The second-order valence-corrected chi connectivity index (χ2v) is 8.72. The minimum absolute atomic E-state index is 0.0813. The molecule has 0 aromatic carbocycles. The number of pyridine rings is 1. The summed E-state index contributed by atoms with van der Waals surface area (Å²) >= 11 is 0. The van der Waals surface area contributed by atoms with Crippen LogP contribution in [0.2, 0.25) is 0 Å². The molecule has 0 radical (unpaired) electrons. The number of anilines is 1. The average molecular weight is 396 g/mol. The molecule has 2 aromatic rings. The van der Waals surface area contributed by atoms with Crippen molar-refractivity contribution < 1.29 is 14.3 Å². The number of hydrogen-bond acceptors (Lipinski definition) is 5. The number of fused-ring (bicyclic) bond motifs is 1. The first-order chi connectivity index (χ1) is 13.8. The summed E-state index contributed by atoms with van der Waals surface area (Å²) in [4.78, 5) is 35.2. The summed E-state index contributed by atoms with van der Waals surface area (Å²) in [6.07, 6.45) is 3.06. The number of nitrogens with one attached hydrogen (secondary N) is 2. The van der Waals surface area contributed by atoms with Gasteiger partial charge in [-0.05, 0) is 42.0 Å². The highest BCUT2D eigenvalue weighted by Crippen LogP contribution is 2.36. The van der Waals surface area contributed by atoms with Crippen LogP contribution in [0.1, 0.15) is 57.9 Å². The van der Waals surface area contributed by atoms with Crippen LogP contribution in [0.3, 0.4) is 0 Å². The number of aromatic nitrogens is 2. The van der Waals surface area contributed by atoms with Gasteiger partial charge in [0, 0.05) is 43.5 Å². The van der Waals surface area contributed by atoms with Gasteiger partial charge in [-0.15, -0.1) is 0 Å². The predicted molar refractivity (Wildman–Crippen MR) is 110 cm³/mol. The Morgan fingerprint density at radius 3 is 2.83 bits per heavy atom. The van der Waals surface area contributed by atoms with Gasteiger partial charge in [-0.1, -0.05) is 13.8 Å². The minimum Gasteiger partial charge on any atom is -0.378 e. The summed E-state index contributed by atoms with van der Waals surface area (Å²) in [5.41, 5.74) is 3.73. The van der Waals surface area contributed by atoms with E-state index in [-0.39, 0.29) is 17.1 Å². The molecule has 1 aliphatic carbocycles. The van der Waals surface area contributed by atoms with E-state index < -0.39 is 0 Å². The van der Waals surface area contributed by atoms with E-state index >= 15 is 0 Å². The summed E-state index contributed by atoms with van der Waals surface area (Å²) in [5.74, 6) is 0.833. The molecule has 154 valence electrons. The van der Waals surface area contributed by atoms with E-state index in [2.05, 4.69) is 34.0 Å². The van der Waals surface area contributed by atoms with Gasteiger partial charge in [0.05, 0.1) is 13.2 Å². The lowest BCUT2D eigenvalue weighted by atomic mass is 9.75. The van der Waals surface area contributed by atoms with Gasteiger partial charge in [-0.2, -0.15) is 0 Å². The zero-order chi connectivity index (χ0) is 20.6. The minimum atomic E-state index is -0.188. The Bertz CT molecular complexity index is 942. The zero-order valence-corrected chi connectivity index (χ0v) is 17.3. The van der Waals surface area contributed by atoms with Gasteiger partial charge in [0.25, 0.3) is 5.91 Å². The van der Waals surface area contributed by atoms with Crippen LogP contribution >= 0.6 is 0 Å². The molecule has 0 spiro atoms. The van der Waals surface area contributed by atoms with Crippen LogP contribution in [0.4, 0.5) is 5.82 Å². The van der Waals surface area contributed by atoms with Crippen LogP contribution in [0.25, 0.3) is 0 Å². The first kappa shape index (κ1) is 19.6. The Morgan fingerprint density at radius 2 is 2.07 bits per heavy atom. The fraction of sp³-hybridized carbons (Fsp3) is 0.500. The molecule has 1 fully saturated rings. The Kier molecular flexibility index (Phi) is 5.17. The Hall–Kier alpha value is -2.67.